The first-order valence-electron chi connectivity index (χ1n) is 4.33. The molecule has 0 saturated heterocycles. The number of benzene rings is 1. The zero-order valence-corrected chi connectivity index (χ0v) is 7.78. The Balaban J connectivity index is 2.23. The van der Waals surface area contributed by atoms with Crippen molar-refractivity contribution in [2.24, 2.45) is 10.2 Å². The summed E-state index contributed by atoms with van der Waals surface area (Å²) in [5.41, 5.74) is 0.393. The van der Waals surface area contributed by atoms with Crippen molar-refractivity contribution in [3.05, 3.63) is 42.7 Å². The molecule has 0 bridgehead atoms. The van der Waals surface area contributed by atoms with Gasteiger partial charge in [0, 0.05) is 12.4 Å². The van der Waals surface area contributed by atoms with Crippen LogP contribution in [0.5, 0.6) is 5.75 Å². The Morgan fingerprint density at radius 2 is 1.67 bits per heavy atom. The first-order valence-corrected chi connectivity index (χ1v) is 4.33. The highest BCUT2D eigenvalue weighted by Gasteiger charge is 1.96. The Hall–Kier alpha value is -2.30. The first kappa shape index (κ1) is 9.26. The van der Waals surface area contributed by atoms with Crippen LogP contribution in [0.15, 0.2) is 53.0 Å². The number of para-hydroxylation sites is 1. The number of nitrogens with zero attached hydrogens (tertiary/aromatic N) is 4. The number of hydrogen-bond donors (Lipinski definition) is 1. The monoisotopic (exact) mass is 200 g/mol. The van der Waals surface area contributed by atoms with E-state index < -0.39 is 0 Å². The summed E-state index contributed by atoms with van der Waals surface area (Å²) in [6, 6.07) is 8.37. The molecule has 0 spiro atoms. The highest BCUT2D eigenvalue weighted by molar-refractivity contribution is 5.49. The molecule has 1 aromatic carbocycles. The number of aromatic nitrogens is 2. The average molecular weight is 200 g/mol. The predicted molar refractivity (Wildman–Crippen MR) is 54.3 cm³/mol. The van der Waals surface area contributed by atoms with Gasteiger partial charge in [-0.15, -0.1) is 10.2 Å². The molecule has 2 aromatic rings. The minimum atomic E-state index is 0.0807. The molecule has 0 aliphatic rings. The van der Waals surface area contributed by atoms with Crippen LogP contribution in [0, 0.1) is 0 Å². The number of hydrogen-bond acceptors (Lipinski definition) is 5. The molecule has 2 rings (SSSR count). The normalized spacial score (nSPS) is 10.7. The molecule has 0 aliphatic heterocycles. The molecule has 1 N–H and O–H groups in total. The maximum absolute atomic E-state index is 9.39. The molecule has 1 heterocycles. The van der Waals surface area contributed by atoms with Gasteiger partial charge >= 0.3 is 0 Å². The fourth-order valence-electron chi connectivity index (χ4n) is 0.990. The number of phenolic OH excluding ortho intramolecular Hbond substituents is 1. The third-order valence-corrected chi connectivity index (χ3v) is 1.68. The summed E-state index contributed by atoms with van der Waals surface area (Å²) in [6.45, 7) is 0. The molecular weight excluding hydrogens is 192 g/mol. The Morgan fingerprint density at radius 3 is 2.40 bits per heavy atom. The van der Waals surface area contributed by atoms with Crippen molar-refractivity contribution in [3.8, 4) is 5.75 Å². The second-order valence-corrected chi connectivity index (χ2v) is 2.74. The molecular formula is C10H8N4O. The fraction of sp³-hybridized carbons (Fsp3) is 0. The van der Waals surface area contributed by atoms with Crippen LogP contribution in [0.4, 0.5) is 11.6 Å². The van der Waals surface area contributed by atoms with Crippen LogP contribution in [-0.2, 0) is 0 Å². The topological polar surface area (TPSA) is 70.7 Å². The van der Waals surface area contributed by atoms with Gasteiger partial charge in [0.2, 0.25) is 0 Å². The molecule has 0 saturated carbocycles. The lowest BCUT2D eigenvalue weighted by atomic mass is 10.3. The standard InChI is InChI=1S/C10H8N4O/c15-9-5-2-1-4-8(9)13-14-10-11-6-3-7-12-10/h1-7,15H/b14-13+. The van der Waals surface area contributed by atoms with Crippen molar-refractivity contribution in [2.75, 3.05) is 0 Å². The number of phenols is 1. The molecule has 0 radical (unpaired) electrons. The molecule has 0 aliphatic carbocycles. The maximum atomic E-state index is 9.39. The zero-order valence-electron chi connectivity index (χ0n) is 7.78. The van der Waals surface area contributed by atoms with Gasteiger partial charge in [0.05, 0.1) is 0 Å². The summed E-state index contributed by atoms with van der Waals surface area (Å²) in [5, 5.41) is 17.0. The lowest BCUT2D eigenvalue weighted by Gasteiger charge is -1.94. The van der Waals surface area contributed by atoms with E-state index in [0.29, 0.717) is 5.69 Å². The van der Waals surface area contributed by atoms with E-state index in [1.807, 2.05) is 0 Å². The van der Waals surface area contributed by atoms with Gasteiger partial charge < -0.3 is 5.11 Å². The summed E-state index contributed by atoms with van der Waals surface area (Å²) in [4.78, 5) is 7.74. The number of rotatable bonds is 2. The molecule has 0 fully saturated rings. The molecule has 0 atom stereocenters. The van der Waals surface area contributed by atoms with Gasteiger partial charge in [0.25, 0.3) is 5.95 Å². The summed E-state index contributed by atoms with van der Waals surface area (Å²) in [6.07, 6.45) is 3.15. The van der Waals surface area contributed by atoms with Crippen molar-refractivity contribution in [1.29, 1.82) is 0 Å². The van der Waals surface area contributed by atoms with Gasteiger partial charge in [0.1, 0.15) is 11.4 Å². The zero-order chi connectivity index (χ0) is 10.5. The van der Waals surface area contributed by atoms with Gasteiger partial charge in [-0.05, 0) is 18.2 Å². The first-order chi connectivity index (χ1) is 7.36. The molecule has 0 amide bonds. The highest BCUT2D eigenvalue weighted by atomic mass is 16.3. The quantitative estimate of drug-likeness (QED) is 0.757. The van der Waals surface area contributed by atoms with E-state index in [1.165, 1.54) is 0 Å². The highest BCUT2D eigenvalue weighted by Crippen LogP contribution is 2.25. The summed E-state index contributed by atoms with van der Waals surface area (Å²) >= 11 is 0. The van der Waals surface area contributed by atoms with E-state index >= 15 is 0 Å². The van der Waals surface area contributed by atoms with Crippen LogP contribution in [0.1, 0.15) is 0 Å². The van der Waals surface area contributed by atoms with Crippen molar-refractivity contribution in [2.45, 2.75) is 0 Å². The third kappa shape index (κ3) is 2.34. The van der Waals surface area contributed by atoms with Crippen molar-refractivity contribution < 1.29 is 5.11 Å². The molecule has 5 nitrogen and oxygen atoms in total. The lowest BCUT2D eigenvalue weighted by Crippen LogP contribution is -1.75. The SMILES string of the molecule is Oc1ccccc1/N=N/c1ncccn1. The Kier molecular flexibility index (Phi) is 2.64. The van der Waals surface area contributed by atoms with Crippen LogP contribution < -0.4 is 0 Å². The van der Waals surface area contributed by atoms with Crippen molar-refractivity contribution in [3.63, 3.8) is 0 Å². The van der Waals surface area contributed by atoms with E-state index in [4.69, 9.17) is 0 Å². The Labute approximate surface area is 86.2 Å². The van der Waals surface area contributed by atoms with E-state index in [-0.39, 0.29) is 11.7 Å². The Morgan fingerprint density at radius 1 is 0.933 bits per heavy atom. The summed E-state index contributed by atoms with van der Waals surface area (Å²) in [7, 11) is 0. The number of azo groups is 1. The molecule has 15 heavy (non-hydrogen) atoms. The van der Waals surface area contributed by atoms with Gasteiger partial charge in [-0.2, -0.15) is 0 Å². The van der Waals surface area contributed by atoms with Crippen LogP contribution in [0.2, 0.25) is 0 Å². The predicted octanol–water partition coefficient (Wildman–Crippen LogP) is 2.60. The summed E-state index contributed by atoms with van der Waals surface area (Å²) < 4.78 is 0. The third-order valence-electron chi connectivity index (χ3n) is 1.68. The Bertz CT molecular complexity index is 470. The van der Waals surface area contributed by atoms with Gasteiger partial charge in [-0.25, -0.2) is 9.97 Å². The summed E-state index contributed by atoms with van der Waals surface area (Å²) in [5.74, 6) is 0.345. The second kappa shape index (κ2) is 4.28. The largest absolute Gasteiger partial charge is 0.506 e. The van der Waals surface area contributed by atoms with Crippen molar-refractivity contribution in [1.82, 2.24) is 9.97 Å². The van der Waals surface area contributed by atoms with Gasteiger partial charge in [0.15, 0.2) is 0 Å². The molecule has 5 heteroatoms. The van der Waals surface area contributed by atoms with Crippen LogP contribution >= 0.6 is 0 Å². The van der Waals surface area contributed by atoms with Gasteiger partial charge in [-0.1, -0.05) is 12.1 Å². The smallest absolute Gasteiger partial charge is 0.268 e. The number of aromatic hydroxyl groups is 1. The van der Waals surface area contributed by atoms with Gasteiger partial charge in [-0.3, -0.25) is 0 Å². The molecule has 0 unspecified atom stereocenters. The minimum Gasteiger partial charge on any atom is -0.506 e. The second-order valence-electron chi connectivity index (χ2n) is 2.74. The van der Waals surface area contributed by atoms with Crippen LogP contribution in [0.3, 0.4) is 0 Å². The maximum Gasteiger partial charge on any atom is 0.268 e. The fourth-order valence-corrected chi connectivity index (χ4v) is 0.990. The molecule has 1 aromatic heterocycles. The van der Waals surface area contributed by atoms with Crippen LogP contribution in [-0.4, -0.2) is 15.1 Å². The molecule has 74 valence electrons. The van der Waals surface area contributed by atoms with Crippen LogP contribution in [0.25, 0.3) is 0 Å². The van der Waals surface area contributed by atoms with E-state index in [1.54, 1.807) is 42.7 Å². The lowest BCUT2D eigenvalue weighted by molar-refractivity contribution is 0.476. The van der Waals surface area contributed by atoms with E-state index in [0.717, 1.165) is 0 Å². The average Bonchev–Trinajstić information content (AvgIpc) is 2.29. The van der Waals surface area contributed by atoms with Crippen molar-refractivity contribution >= 4 is 11.6 Å². The minimum absolute atomic E-state index is 0.0807. The van der Waals surface area contributed by atoms with E-state index in [9.17, 15) is 5.11 Å². The van der Waals surface area contributed by atoms with E-state index in [2.05, 4.69) is 20.2 Å².